The summed E-state index contributed by atoms with van der Waals surface area (Å²) in [6, 6.07) is 12.8. The highest BCUT2D eigenvalue weighted by Gasteiger charge is 2.18. The number of amides is 1. The standard InChI is InChI=1S/C17H21N3O2/c1-17(2,3)22-16(21)20-15-13(8-5-9-14(15)19)11-6-4-7-12(18)10-11/h4-10H,18-19H2,1-3H3,(H,20,21). The maximum atomic E-state index is 12.0. The molecule has 5 heteroatoms. The van der Waals surface area contributed by atoms with E-state index in [0.717, 1.165) is 11.1 Å². The minimum Gasteiger partial charge on any atom is -0.444 e. The minimum absolute atomic E-state index is 0.464. The molecule has 0 heterocycles. The van der Waals surface area contributed by atoms with Crippen molar-refractivity contribution in [3.63, 3.8) is 0 Å². The third kappa shape index (κ3) is 3.91. The van der Waals surface area contributed by atoms with Crippen molar-refractivity contribution in [1.82, 2.24) is 0 Å². The fraction of sp³-hybridized carbons (Fsp3) is 0.235. The summed E-state index contributed by atoms with van der Waals surface area (Å²) in [5.41, 5.74) is 14.5. The number of benzene rings is 2. The Morgan fingerprint density at radius 2 is 1.77 bits per heavy atom. The molecule has 0 atom stereocenters. The van der Waals surface area contributed by atoms with Gasteiger partial charge in [-0.15, -0.1) is 0 Å². The molecule has 116 valence electrons. The molecule has 0 aliphatic carbocycles. The average molecular weight is 299 g/mol. The van der Waals surface area contributed by atoms with Gasteiger partial charge in [-0.05, 0) is 44.5 Å². The number of hydrogen-bond donors (Lipinski definition) is 3. The number of anilines is 3. The van der Waals surface area contributed by atoms with Gasteiger partial charge in [-0.2, -0.15) is 0 Å². The number of nitrogens with two attached hydrogens (primary N) is 2. The van der Waals surface area contributed by atoms with Gasteiger partial charge in [0.15, 0.2) is 0 Å². The average Bonchev–Trinajstić information content (AvgIpc) is 2.39. The van der Waals surface area contributed by atoms with Crippen LogP contribution in [-0.4, -0.2) is 11.7 Å². The van der Waals surface area contributed by atoms with Gasteiger partial charge in [-0.3, -0.25) is 5.32 Å². The van der Waals surface area contributed by atoms with Crippen molar-refractivity contribution in [3.8, 4) is 11.1 Å². The lowest BCUT2D eigenvalue weighted by Crippen LogP contribution is -2.27. The molecule has 0 saturated carbocycles. The van der Waals surface area contributed by atoms with Crippen LogP contribution in [-0.2, 0) is 4.74 Å². The molecule has 5 nitrogen and oxygen atoms in total. The summed E-state index contributed by atoms with van der Waals surface area (Å²) in [5.74, 6) is 0. The van der Waals surface area contributed by atoms with Crippen LogP contribution in [0.25, 0.3) is 11.1 Å². The Balaban J connectivity index is 2.37. The highest BCUT2D eigenvalue weighted by molar-refractivity contribution is 5.97. The maximum Gasteiger partial charge on any atom is 0.412 e. The van der Waals surface area contributed by atoms with Crippen LogP contribution in [0.15, 0.2) is 42.5 Å². The van der Waals surface area contributed by atoms with Crippen molar-refractivity contribution in [2.24, 2.45) is 0 Å². The number of ether oxygens (including phenoxy) is 1. The second kappa shape index (κ2) is 5.97. The lowest BCUT2D eigenvalue weighted by atomic mass is 10.0. The molecular formula is C17H21N3O2. The zero-order valence-corrected chi connectivity index (χ0v) is 13.0. The summed E-state index contributed by atoms with van der Waals surface area (Å²) in [4.78, 5) is 12.0. The molecule has 0 bridgehead atoms. The van der Waals surface area contributed by atoms with Crippen molar-refractivity contribution < 1.29 is 9.53 Å². The highest BCUT2D eigenvalue weighted by atomic mass is 16.6. The van der Waals surface area contributed by atoms with E-state index in [1.54, 1.807) is 32.9 Å². The van der Waals surface area contributed by atoms with Crippen molar-refractivity contribution in [2.75, 3.05) is 16.8 Å². The summed E-state index contributed by atoms with van der Waals surface area (Å²) in [7, 11) is 0. The fourth-order valence-electron chi connectivity index (χ4n) is 2.06. The second-order valence-electron chi connectivity index (χ2n) is 6.02. The molecule has 0 saturated heterocycles. The Morgan fingerprint density at radius 1 is 1.09 bits per heavy atom. The molecule has 0 aliphatic heterocycles. The zero-order valence-electron chi connectivity index (χ0n) is 13.0. The summed E-state index contributed by atoms with van der Waals surface area (Å²) >= 11 is 0. The first-order chi connectivity index (χ1) is 10.3. The van der Waals surface area contributed by atoms with Crippen molar-refractivity contribution >= 4 is 23.2 Å². The summed E-state index contributed by atoms with van der Waals surface area (Å²) in [5, 5.41) is 2.73. The van der Waals surface area contributed by atoms with Gasteiger partial charge < -0.3 is 16.2 Å². The molecule has 2 aromatic carbocycles. The molecule has 5 N–H and O–H groups in total. The molecule has 2 aromatic rings. The van der Waals surface area contributed by atoms with Crippen molar-refractivity contribution in [2.45, 2.75) is 26.4 Å². The van der Waals surface area contributed by atoms with Crippen molar-refractivity contribution in [3.05, 3.63) is 42.5 Å². The normalized spacial score (nSPS) is 11.0. The fourth-order valence-corrected chi connectivity index (χ4v) is 2.06. The molecule has 1 amide bonds. The van der Waals surface area contributed by atoms with Crippen molar-refractivity contribution in [1.29, 1.82) is 0 Å². The van der Waals surface area contributed by atoms with E-state index in [-0.39, 0.29) is 0 Å². The van der Waals surface area contributed by atoms with Crippen LogP contribution in [0.3, 0.4) is 0 Å². The van der Waals surface area contributed by atoms with Crippen LogP contribution >= 0.6 is 0 Å². The third-order valence-electron chi connectivity index (χ3n) is 2.92. The topological polar surface area (TPSA) is 90.4 Å². The Kier molecular flexibility index (Phi) is 4.26. The van der Waals surface area contributed by atoms with E-state index >= 15 is 0 Å². The van der Waals surface area contributed by atoms with E-state index in [1.807, 2.05) is 30.3 Å². The Hall–Kier alpha value is -2.69. The SMILES string of the molecule is CC(C)(C)OC(=O)Nc1c(N)cccc1-c1cccc(N)c1. The van der Waals surface area contributed by atoms with Gasteiger partial charge in [0, 0.05) is 11.3 Å². The zero-order chi connectivity index (χ0) is 16.3. The molecule has 0 aromatic heterocycles. The second-order valence-corrected chi connectivity index (χ2v) is 6.02. The Bertz CT molecular complexity index is 691. The highest BCUT2D eigenvalue weighted by Crippen LogP contribution is 2.33. The van der Waals surface area contributed by atoms with E-state index in [4.69, 9.17) is 16.2 Å². The Labute approximate surface area is 130 Å². The molecule has 0 fully saturated rings. The smallest absolute Gasteiger partial charge is 0.412 e. The lowest BCUT2D eigenvalue weighted by molar-refractivity contribution is 0.0636. The first kappa shape index (κ1) is 15.7. The molecule has 2 rings (SSSR count). The molecule has 22 heavy (non-hydrogen) atoms. The maximum absolute atomic E-state index is 12.0. The third-order valence-corrected chi connectivity index (χ3v) is 2.92. The number of carbonyl (C=O) groups excluding carboxylic acids is 1. The van der Waals surface area contributed by atoms with Crippen LogP contribution in [0.2, 0.25) is 0 Å². The quantitative estimate of drug-likeness (QED) is 0.734. The number of para-hydroxylation sites is 1. The molecule has 0 spiro atoms. The van der Waals surface area contributed by atoms with E-state index in [1.165, 1.54) is 0 Å². The van der Waals surface area contributed by atoms with Gasteiger partial charge in [0.05, 0.1) is 11.4 Å². The van der Waals surface area contributed by atoms with Crippen LogP contribution in [0, 0.1) is 0 Å². The van der Waals surface area contributed by atoms with Gasteiger partial charge in [-0.25, -0.2) is 4.79 Å². The van der Waals surface area contributed by atoms with Crippen LogP contribution in [0.1, 0.15) is 20.8 Å². The first-order valence-electron chi connectivity index (χ1n) is 7.01. The van der Waals surface area contributed by atoms with Gasteiger partial charge in [-0.1, -0.05) is 24.3 Å². The number of carbonyl (C=O) groups is 1. The van der Waals surface area contributed by atoms with Crippen LogP contribution < -0.4 is 16.8 Å². The first-order valence-corrected chi connectivity index (χ1v) is 7.01. The lowest BCUT2D eigenvalue weighted by Gasteiger charge is -2.21. The Morgan fingerprint density at radius 3 is 2.41 bits per heavy atom. The molecule has 0 aliphatic rings. The summed E-state index contributed by atoms with van der Waals surface area (Å²) < 4.78 is 5.28. The van der Waals surface area contributed by atoms with Gasteiger partial charge in [0.2, 0.25) is 0 Å². The van der Waals surface area contributed by atoms with Gasteiger partial charge in [0.1, 0.15) is 5.60 Å². The predicted molar refractivity (Wildman–Crippen MR) is 90.6 cm³/mol. The van der Waals surface area contributed by atoms with Gasteiger partial charge in [0.25, 0.3) is 0 Å². The van der Waals surface area contributed by atoms with E-state index in [9.17, 15) is 4.79 Å². The summed E-state index contributed by atoms with van der Waals surface area (Å²) in [6.45, 7) is 5.42. The number of nitrogens with one attached hydrogen (secondary N) is 1. The number of rotatable bonds is 2. The van der Waals surface area contributed by atoms with E-state index < -0.39 is 11.7 Å². The minimum atomic E-state index is -0.578. The largest absolute Gasteiger partial charge is 0.444 e. The monoisotopic (exact) mass is 299 g/mol. The van der Waals surface area contributed by atoms with E-state index in [2.05, 4.69) is 5.32 Å². The predicted octanol–water partition coefficient (Wildman–Crippen LogP) is 3.87. The van der Waals surface area contributed by atoms with Crippen LogP contribution in [0.4, 0.5) is 21.9 Å². The van der Waals surface area contributed by atoms with Gasteiger partial charge >= 0.3 is 6.09 Å². The number of hydrogen-bond acceptors (Lipinski definition) is 4. The van der Waals surface area contributed by atoms with E-state index in [0.29, 0.717) is 17.1 Å². The molecule has 0 radical (unpaired) electrons. The number of nitrogen functional groups attached to an aromatic ring is 2. The molecule has 0 unspecified atom stereocenters. The molecular weight excluding hydrogens is 278 g/mol. The van der Waals surface area contributed by atoms with Crippen LogP contribution in [0.5, 0.6) is 0 Å². The summed E-state index contributed by atoms with van der Waals surface area (Å²) in [6.07, 6.45) is -0.546.